The molecule has 82 valence electrons. The molecule has 0 saturated carbocycles. The molecule has 0 aromatic rings. The van der Waals surface area contributed by atoms with Gasteiger partial charge in [-0.05, 0) is 13.3 Å². The maximum absolute atomic E-state index is 11.2. The highest BCUT2D eigenvalue weighted by Gasteiger charge is 2.23. The second kappa shape index (κ2) is 7.32. The lowest BCUT2D eigenvalue weighted by Gasteiger charge is -2.13. The summed E-state index contributed by atoms with van der Waals surface area (Å²) in [5.41, 5.74) is 0. The van der Waals surface area contributed by atoms with Gasteiger partial charge in [-0.25, -0.2) is 4.79 Å². The van der Waals surface area contributed by atoms with Crippen LogP contribution in [-0.4, -0.2) is 36.4 Å². The standard InChI is InChI=1S/C9H16O5/c1-3-5-14-7(6-8(10)11)9(12)13-4-2/h7H,3-6H2,1-2H3,(H,10,11). The summed E-state index contributed by atoms with van der Waals surface area (Å²) in [4.78, 5) is 21.6. The van der Waals surface area contributed by atoms with Crippen LogP contribution in [0.15, 0.2) is 0 Å². The summed E-state index contributed by atoms with van der Waals surface area (Å²) >= 11 is 0. The molecule has 0 rings (SSSR count). The summed E-state index contributed by atoms with van der Waals surface area (Å²) in [5.74, 6) is -1.68. The minimum absolute atomic E-state index is 0.227. The van der Waals surface area contributed by atoms with Crippen LogP contribution >= 0.6 is 0 Å². The lowest BCUT2D eigenvalue weighted by molar-refractivity contribution is -0.161. The number of esters is 1. The van der Waals surface area contributed by atoms with Gasteiger partial charge in [0.2, 0.25) is 0 Å². The molecule has 5 heteroatoms. The minimum Gasteiger partial charge on any atom is -0.481 e. The molecular weight excluding hydrogens is 188 g/mol. The molecule has 0 aliphatic rings. The highest BCUT2D eigenvalue weighted by molar-refractivity contribution is 5.81. The van der Waals surface area contributed by atoms with E-state index in [1.54, 1.807) is 6.92 Å². The van der Waals surface area contributed by atoms with E-state index in [-0.39, 0.29) is 13.0 Å². The number of carbonyl (C=O) groups is 2. The van der Waals surface area contributed by atoms with Crippen molar-refractivity contribution in [2.75, 3.05) is 13.2 Å². The molecule has 1 unspecified atom stereocenters. The van der Waals surface area contributed by atoms with E-state index >= 15 is 0 Å². The molecule has 0 aromatic carbocycles. The lowest BCUT2D eigenvalue weighted by Crippen LogP contribution is -2.29. The zero-order valence-corrected chi connectivity index (χ0v) is 8.49. The van der Waals surface area contributed by atoms with Crippen LogP contribution in [0.25, 0.3) is 0 Å². The highest BCUT2D eigenvalue weighted by Crippen LogP contribution is 2.02. The maximum atomic E-state index is 11.2. The van der Waals surface area contributed by atoms with Crippen molar-refractivity contribution >= 4 is 11.9 Å². The number of carboxylic acids is 1. The van der Waals surface area contributed by atoms with Crippen molar-refractivity contribution in [2.45, 2.75) is 32.8 Å². The van der Waals surface area contributed by atoms with Crippen LogP contribution in [0, 0.1) is 0 Å². The van der Waals surface area contributed by atoms with Crippen molar-refractivity contribution in [3.63, 3.8) is 0 Å². The van der Waals surface area contributed by atoms with E-state index in [2.05, 4.69) is 4.74 Å². The minimum atomic E-state index is -1.07. The van der Waals surface area contributed by atoms with Crippen LogP contribution in [0.4, 0.5) is 0 Å². The number of hydrogen-bond acceptors (Lipinski definition) is 4. The normalized spacial score (nSPS) is 12.1. The zero-order chi connectivity index (χ0) is 11.0. The third-order valence-electron chi connectivity index (χ3n) is 1.43. The van der Waals surface area contributed by atoms with Gasteiger partial charge in [0.05, 0.1) is 13.0 Å². The fraction of sp³-hybridized carbons (Fsp3) is 0.778. The average molecular weight is 204 g/mol. The van der Waals surface area contributed by atoms with Crippen LogP contribution < -0.4 is 0 Å². The highest BCUT2D eigenvalue weighted by atomic mass is 16.6. The van der Waals surface area contributed by atoms with Gasteiger partial charge in [-0.3, -0.25) is 4.79 Å². The summed E-state index contributed by atoms with van der Waals surface area (Å²) in [6.07, 6.45) is -0.596. The van der Waals surface area contributed by atoms with Gasteiger partial charge in [-0.2, -0.15) is 0 Å². The van der Waals surface area contributed by atoms with E-state index in [9.17, 15) is 9.59 Å². The molecule has 0 saturated heterocycles. The summed E-state index contributed by atoms with van der Waals surface area (Å²) < 4.78 is 9.74. The van der Waals surface area contributed by atoms with Crippen LogP contribution in [0.3, 0.4) is 0 Å². The number of hydrogen-bond donors (Lipinski definition) is 1. The molecule has 0 fully saturated rings. The van der Waals surface area contributed by atoms with Gasteiger partial charge >= 0.3 is 11.9 Å². The molecule has 0 aromatic heterocycles. The molecule has 1 atom stereocenters. The summed E-state index contributed by atoms with van der Waals surface area (Å²) in [6.45, 7) is 4.12. The van der Waals surface area contributed by atoms with E-state index < -0.39 is 18.0 Å². The fourth-order valence-electron chi connectivity index (χ4n) is 0.864. The van der Waals surface area contributed by atoms with Crippen molar-refractivity contribution in [3.05, 3.63) is 0 Å². The van der Waals surface area contributed by atoms with Crippen molar-refractivity contribution in [3.8, 4) is 0 Å². The van der Waals surface area contributed by atoms with Gasteiger partial charge in [0.1, 0.15) is 0 Å². The molecule has 0 radical (unpaired) electrons. The van der Waals surface area contributed by atoms with E-state index in [4.69, 9.17) is 9.84 Å². The second-order valence-electron chi connectivity index (χ2n) is 2.71. The molecule has 0 bridgehead atoms. The van der Waals surface area contributed by atoms with E-state index in [1.165, 1.54) is 0 Å². The molecule has 1 N–H and O–H groups in total. The summed E-state index contributed by atoms with van der Waals surface area (Å²) in [7, 11) is 0. The molecule has 0 aliphatic heterocycles. The molecule has 0 amide bonds. The summed E-state index contributed by atoms with van der Waals surface area (Å²) in [6, 6.07) is 0. The Morgan fingerprint density at radius 1 is 1.36 bits per heavy atom. The van der Waals surface area contributed by atoms with Crippen LogP contribution in [0.5, 0.6) is 0 Å². The number of rotatable bonds is 7. The predicted molar refractivity (Wildman–Crippen MR) is 48.9 cm³/mol. The first kappa shape index (κ1) is 12.9. The fourth-order valence-corrected chi connectivity index (χ4v) is 0.864. The molecular formula is C9H16O5. The smallest absolute Gasteiger partial charge is 0.335 e. The Bertz CT molecular complexity index is 190. The average Bonchev–Trinajstić information content (AvgIpc) is 2.12. The first-order valence-electron chi connectivity index (χ1n) is 4.61. The Hall–Kier alpha value is -1.10. The largest absolute Gasteiger partial charge is 0.481 e. The van der Waals surface area contributed by atoms with Crippen LogP contribution in [0.1, 0.15) is 26.7 Å². The first-order chi connectivity index (χ1) is 6.61. The van der Waals surface area contributed by atoms with Crippen molar-refractivity contribution in [1.82, 2.24) is 0 Å². The molecule has 0 aliphatic carbocycles. The topological polar surface area (TPSA) is 72.8 Å². The monoisotopic (exact) mass is 204 g/mol. The molecule has 14 heavy (non-hydrogen) atoms. The molecule has 0 heterocycles. The van der Waals surface area contributed by atoms with Crippen LogP contribution in [0.2, 0.25) is 0 Å². The van der Waals surface area contributed by atoms with E-state index in [0.29, 0.717) is 6.61 Å². The predicted octanol–water partition coefficient (Wildman–Crippen LogP) is 0.819. The Morgan fingerprint density at radius 2 is 2.00 bits per heavy atom. The lowest BCUT2D eigenvalue weighted by atomic mass is 10.2. The SMILES string of the molecule is CCCOC(CC(=O)O)C(=O)OCC. The molecule has 0 spiro atoms. The van der Waals surface area contributed by atoms with Gasteiger partial charge in [0.25, 0.3) is 0 Å². The second-order valence-corrected chi connectivity index (χ2v) is 2.71. The third kappa shape index (κ3) is 5.53. The van der Waals surface area contributed by atoms with Gasteiger partial charge in [0.15, 0.2) is 6.10 Å². The van der Waals surface area contributed by atoms with Crippen LogP contribution in [-0.2, 0) is 19.1 Å². The van der Waals surface area contributed by atoms with Gasteiger partial charge in [-0.15, -0.1) is 0 Å². The van der Waals surface area contributed by atoms with E-state index in [0.717, 1.165) is 6.42 Å². The maximum Gasteiger partial charge on any atom is 0.335 e. The summed E-state index contributed by atoms with van der Waals surface area (Å²) in [5, 5.41) is 8.51. The van der Waals surface area contributed by atoms with Gasteiger partial charge < -0.3 is 14.6 Å². The number of ether oxygens (including phenoxy) is 2. The zero-order valence-electron chi connectivity index (χ0n) is 8.49. The first-order valence-corrected chi connectivity index (χ1v) is 4.61. The third-order valence-corrected chi connectivity index (χ3v) is 1.43. The van der Waals surface area contributed by atoms with Gasteiger partial charge in [-0.1, -0.05) is 6.92 Å². The quantitative estimate of drug-likeness (QED) is 0.621. The van der Waals surface area contributed by atoms with Crippen molar-refractivity contribution in [2.24, 2.45) is 0 Å². The van der Waals surface area contributed by atoms with Crippen molar-refractivity contribution < 1.29 is 24.2 Å². The number of carbonyl (C=O) groups excluding carboxylic acids is 1. The Morgan fingerprint density at radius 3 is 2.43 bits per heavy atom. The van der Waals surface area contributed by atoms with E-state index in [1.807, 2.05) is 6.92 Å². The Balaban J connectivity index is 4.08. The molecule has 5 nitrogen and oxygen atoms in total. The Kier molecular flexibility index (Phi) is 6.74. The van der Waals surface area contributed by atoms with Gasteiger partial charge in [0, 0.05) is 6.61 Å². The number of carboxylic acid groups (broad SMARTS) is 1. The van der Waals surface area contributed by atoms with Crippen molar-refractivity contribution in [1.29, 1.82) is 0 Å². The number of aliphatic carboxylic acids is 1. The Labute approximate surface area is 83.0 Å².